The minimum absolute atomic E-state index is 0.0444. The summed E-state index contributed by atoms with van der Waals surface area (Å²) in [6.45, 7) is 6.32. The van der Waals surface area contributed by atoms with Crippen LogP contribution >= 0.6 is 11.3 Å². The van der Waals surface area contributed by atoms with Gasteiger partial charge in [0.25, 0.3) is 5.91 Å². The number of aromatic nitrogens is 3. The fraction of sp³-hybridized carbons (Fsp3) is 0.318. The van der Waals surface area contributed by atoms with E-state index in [9.17, 15) is 14.0 Å². The molecule has 32 heavy (non-hydrogen) atoms. The van der Waals surface area contributed by atoms with Crippen molar-refractivity contribution >= 4 is 39.3 Å². The minimum Gasteiger partial charge on any atom is -0.350 e. The number of carbonyl (C=O) groups excluding carboxylic acids is 2. The van der Waals surface area contributed by atoms with Crippen LogP contribution in [0.15, 0.2) is 42.6 Å². The SMILES string of the molecule is C=CCCC(=O)NC1CN(C(=O)c2nc(N[C@@H](C)c3cncc(F)c3)nc3ccsc23)C1. The highest BCUT2D eigenvalue weighted by molar-refractivity contribution is 7.17. The molecule has 1 aliphatic rings. The van der Waals surface area contributed by atoms with E-state index in [0.29, 0.717) is 47.4 Å². The third kappa shape index (κ3) is 4.75. The lowest BCUT2D eigenvalue weighted by Gasteiger charge is -2.39. The number of anilines is 1. The quantitative estimate of drug-likeness (QED) is 0.507. The number of allylic oxidation sites excluding steroid dienone is 1. The van der Waals surface area contributed by atoms with E-state index in [1.807, 2.05) is 18.4 Å². The molecular formula is C22H23FN6O2S. The minimum atomic E-state index is -0.426. The van der Waals surface area contributed by atoms with E-state index in [2.05, 4.69) is 32.2 Å². The maximum absolute atomic E-state index is 13.5. The molecule has 1 fully saturated rings. The van der Waals surface area contributed by atoms with Gasteiger partial charge in [-0.05, 0) is 36.4 Å². The van der Waals surface area contributed by atoms with Crippen molar-refractivity contribution in [1.29, 1.82) is 0 Å². The van der Waals surface area contributed by atoms with E-state index in [1.165, 1.54) is 17.4 Å². The number of amides is 2. The Hall–Kier alpha value is -3.40. The molecular weight excluding hydrogens is 431 g/mol. The largest absolute Gasteiger partial charge is 0.350 e. The number of likely N-dealkylation sites (tertiary alicyclic amines) is 1. The van der Waals surface area contributed by atoms with Gasteiger partial charge in [0.15, 0.2) is 5.69 Å². The van der Waals surface area contributed by atoms with Gasteiger partial charge in [-0.3, -0.25) is 14.6 Å². The first kappa shape index (κ1) is 21.8. The van der Waals surface area contributed by atoms with Crippen LogP contribution in [0.5, 0.6) is 0 Å². The van der Waals surface area contributed by atoms with Crippen LogP contribution in [-0.2, 0) is 4.79 Å². The second-order valence-electron chi connectivity index (χ2n) is 7.64. The van der Waals surface area contributed by atoms with Crippen molar-refractivity contribution in [1.82, 2.24) is 25.2 Å². The third-order valence-corrected chi connectivity index (χ3v) is 6.10. The second kappa shape index (κ2) is 9.39. The van der Waals surface area contributed by atoms with Crippen LogP contribution < -0.4 is 10.6 Å². The van der Waals surface area contributed by atoms with E-state index in [1.54, 1.807) is 17.2 Å². The molecule has 0 spiro atoms. The van der Waals surface area contributed by atoms with Crippen molar-refractivity contribution in [2.75, 3.05) is 18.4 Å². The molecule has 2 amide bonds. The maximum atomic E-state index is 13.5. The number of fused-ring (bicyclic) bond motifs is 1. The van der Waals surface area contributed by atoms with Gasteiger partial charge < -0.3 is 15.5 Å². The first-order valence-electron chi connectivity index (χ1n) is 10.3. The summed E-state index contributed by atoms with van der Waals surface area (Å²) >= 11 is 1.40. The summed E-state index contributed by atoms with van der Waals surface area (Å²) in [7, 11) is 0. The number of pyridine rings is 1. The summed E-state index contributed by atoms with van der Waals surface area (Å²) in [6, 6.07) is 2.85. The molecule has 0 aromatic carbocycles. The zero-order valence-corrected chi connectivity index (χ0v) is 18.4. The van der Waals surface area contributed by atoms with Crippen molar-refractivity contribution in [3.8, 4) is 0 Å². The van der Waals surface area contributed by atoms with Gasteiger partial charge in [0.2, 0.25) is 11.9 Å². The standard InChI is InChI=1S/C22H23FN6O2S/c1-3-4-5-18(30)26-16-11-29(12-16)21(31)19-20-17(6-7-32-20)27-22(28-19)25-13(2)14-8-15(23)10-24-9-14/h3,6-10,13,16H,1,4-5,11-12H2,2H3,(H,26,30)(H,25,27,28)/t13-/m0/s1. The van der Waals surface area contributed by atoms with Gasteiger partial charge >= 0.3 is 0 Å². The Morgan fingerprint density at radius 2 is 2.19 bits per heavy atom. The van der Waals surface area contributed by atoms with E-state index in [4.69, 9.17) is 0 Å². The molecule has 3 aromatic heterocycles. The van der Waals surface area contributed by atoms with Crippen LogP contribution in [-0.4, -0.2) is 50.8 Å². The van der Waals surface area contributed by atoms with Crippen LogP contribution in [0.1, 0.15) is 41.9 Å². The third-order valence-electron chi connectivity index (χ3n) is 5.19. The van der Waals surface area contributed by atoms with E-state index in [-0.39, 0.29) is 29.8 Å². The lowest BCUT2D eigenvalue weighted by atomic mass is 10.1. The van der Waals surface area contributed by atoms with E-state index >= 15 is 0 Å². The fourth-order valence-electron chi connectivity index (χ4n) is 3.43. The van der Waals surface area contributed by atoms with Gasteiger partial charge in [0.05, 0.1) is 28.5 Å². The van der Waals surface area contributed by atoms with Gasteiger partial charge in [-0.1, -0.05) is 6.08 Å². The smallest absolute Gasteiger partial charge is 0.274 e. The zero-order valence-electron chi connectivity index (χ0n) is 17.5. The number of carbonyl (C=O) groups is 2. The van der Waals surface area contributed by atoms with Crippen LogP contribution in [0.2, 0.25) is 0 Å². The fourth-order valence-corrected chi connectivity index (χ4v) is 4.25. The lowest BCUT2D eigenvalue weighted by molar-refractivity contribution is -0.122. The lowest BCUT2D eigenvalue weighted by Crippen LogP contribution is -2.61. The Balaban J connectivity index is 1.47. The molecule has 0 radical (unpaired) electrons. The summed E-state index contributed by atoms with van der Waals surface area (Å²) < 4.78 is 14.2. The predicted octanol–water partition coefficient (Wildman–Crippen LogP) is 3.31. The summed E-state index contributed by atoms with van der Waals surface area (Å²) in [4.78, 5) is 39.5. The Kier molecular flexibility index (Phi) is 6.40. The molecule has 10 heteroatoms. The molecule has 0 bridgehead atoms. The Morgan fingerprint density at radius 3 is 2.94 bits per heavy atom. The number of halogens is 1. The molecule has 166 valence electrons. The maximum Gasteiger partial charge on any atom is 0.274 e. The topological polar surface area (TPSA) is 100 Å². The van der Waals surface area contributed by atoms with Crippen molar-refractivity contribution in [3.05, 3.63) is 59.6 Å². The monoisotopic (exact) mass is 454 g/mol. The second-order valence-corrected chi connectivity index (χ2v) is 8.55. The van der Waals surface area contributed by atoms with E-state index < -0.39 is 5.82 Å². The molecule has 0 aliphatic carbocycles. The van der Waals surface area contributed by atoms with Crippen LogP contribution in [0, 0.1) is 5.82 Å². The van der Waals surface area contributed by atoms with Gasteiger partial charge in [-0.15, -0.1) is 17.9 Å². The highest BCUT2D eigenvalue weighted by Gasteiger charge is 2.34. The first-order chi connectivity index (χ1) is 15.4. The zero-order chi connectivity index (χ0) is 22.7. The Labute approximate surface area is 188 Å². The number of thiophene rings is 1. The Morgan fingerprint density at radius 1 is 1.38 bits per heavy atom. The molecule has 0 saturated carbocycles. The molecule has 1 atom stereocenters. The number of nitrogens with one attached hydrogen (secondary N) is 2. The van der Waals surface area contributed by atoms with Crippen molar-refractivity contribution in [2.45, 2.75) is 31.8 Å². The average molecular weight is 455 g/mol. The average Bonchev–Trinajstić information content (AvgIpc) is 3.22. The summed E-state index contributed by atoms with van der Waals surface area (Å²) in [5.74, 6) is -0.396. The number of nitrogens with zero attached hydrogens (tertiary/aromatic N) is 4. The molecule has 3 aromatic rings. The highest BCUT2D eigenvalue weighted by Crippen LogP contribution is 2.27. The highest BCUT2D eigenvalue weighted by atomic mass is 32.1. The Bertz CT molecular complexity index is 1160. The predicted molar refractivity (Wildman–Crippen MR) is 121 cm³/mol. The molecule has 1 saturated heterocycles. The van der Waals surface area contributed by atoms with Crippen molar-refractivity contribution < 1.29 is 14.0 Å². The molecule has 4 heterocycles. The summed E-state index contributed by atoms with van der Waals surface area (Å²) in [5.41, 5.74) is 1.62. The molecule has 1 aliphatic heterocycles. The summed E-state index contributed by atoms with van der Waals surface area (Å²) in [5, 5.41) is 7.91. The van der Waals surface area contributed by atoms with Gasteiger partial charge in [-0.25, -0.2) is 14.4 Å². The normalized spacial score (nSPS) is 14.6. The number of hydrogen-bond acceptors (Lipinski definition) is 7. The van der Waals surface area contributed by atoms with E-state index in [0.717, 1.165) is 6.20 Å². The van der Waals surface area contributed by atoms with Crippen molar-refractivity contribution in [3.63, 3.8) is 0 Å². The van der Waals surface area contributed by atoms with Crippen LogP contribution in [0.3, 0.4) is 0 Å². The molecule has 2 N–H and O–H groups in total. The van der Waals surface area contributed by atoms with Crippen LogP contribution in [0.4, 0.5) is 10.3 Å². The molecule has 4 rings (SSSR count). The summed E-state index contributed by atoms with van der Waals surface area (Å²) in [6.07, 6.45) is 5.43. The van der Waals surface area contributed by atoms with Crippen LogP contribution in [0.25, 0.3) is 10.2 Å². The number of hydrogen-bond donors (Lipinski definition) is 2. The molecule has 0 unspecified atom stereocenters. The van der Waals surface area contributed by atoms with Gasteiger partial charge in [0.1, 0.15) is 5.82 Å². The van der Waals surface area contributed by atoms with Gasteiger partial charge in [0, 0.05) is 25.7 Å². The molecule has 8 nitrogen and oxygen atoms in total. The van der Waals surface area contributed by atoms with Crippen molar-refractivity contribution in [2.24, 2.45) is 0 Å². The first-order valence-corrected chi connectivity index (χ1v) is 11.1. The number of rotatable bonds is 8. The van der Waals surface area contributed by atoms with Gasteiger partial charge in [-0.2, -0.15) is 0 Å².